The second kappa shape index (κ2) is 6.44. The summed E-state index contributed by atoms with van der Waals surface area (Å²) in [7, 11) is 1.76. The summed E-state index contributed by atoms with van der Waals surface area (Å²) in [6.07, 6.45) is 0.276. The molecule has 1 amide bonds. The Balaban J connectivity index is 1.96. The van der Waals surface area contributed by atoms with E-state index in [4.69, 9.17) is 11.6 Å². The van der Waals surface area contributed by atoms with Crippen LogP contribution in [0, 0.1) is 0 Å². The van der Waals surface area contributed by atoms with Crippen molar-refractivity contribution in [1.29, 1.82) is 0 Å². The molecule has 20 heavy (non-hydrogen) atoms. The van der Waals surface area contributed by atoms with E-state index in [1.54, 1.807) is 30.1 Å². The lowest BCUT2D eigenvalue weighted by Crippen LogP contribution is -2.27. The van der Waals surface area contributed by atoms with Crippen LogP contribution in [0.2, 0.25) is 5.02 Å². The average Bonchev–Trinajstić information content (AvgIpc) is 2.41. The molecule has 0 atom stereocenters. The van der Waals surface area contributed by atoms with E-state index in [2.05, 4.69) is 0 Å². The van der Waals surface area contributed by atoms with E-state index >= 15 is 0 Å². The van der Waals surface area contributed by atoms with Crippen molar-refractivity contribution < 1.29 is 9.90 Å². The van der Waals surface area contributed by atoms with Crippen molar-refractivity contribution in [2.75, 3.05) is 7.05 Å². The normalized spacial score (nSPS) is 10.3. The van der Waals surface area contributed by atoms with E-state index in [9.17, 15) is 9.90 Å². The second-order valence-electron chi connectivity index (χ2n) is 4.72. The van der Waals surface area contributed by atoms with Crippen molar-refractivity contribution >= 4 is 17.5 Å². The molecule has 0 fully saturated rings. The van der Waals surface area contributed by atoms with Crippen molar-refractivity contribution in [2.45, 2.75) is 13.0 Å². The van der Waals surface area contributed by atoms with Gasteiger partial charge in [0.25, 0.3) is 0 Å². The number of amides is 1. The molecule has 4 heteroatoms. The minimum Gasteiger partial charge on any atom is -0.508 e. The summed E-state index contributed by atoms with van der Waals surface area (Å²) in [5.41, 5.74) is 1.83. The number of aromatic hydroxyl groups is 1. The Morgan fingerprint density at radius 3 is 2.50 bits per heavy atom. The molecule has 0 aliphatic rings. The molecule has 0 heterocycles. The summed E-state index contributed by atoms with van der Waals surface area (Å²) < 4.78 is 0. The van der Waals surface area contributed by atoms with Crippen LogP contribution in [-0.4, -0.2) is 23.0 Å². The van der Waals surface area contributed by atoms with Crippen LogP contribution in [0.25, 0.3) is 0 Å². The molecular formula is C16H16ClNO2. The van der Waals surface area contributed by atoms with Crippen molar-refractivity contribution in [3.8, 4) is 5.75 Å². The lowest BCUT2D eigenvalue weighted by Gasteiger charge is -2.17. The summed E-state index contributed by atoms with van der Waals surface area (Å²) in [4.78, 5) is 13.8. The number of phenolic OH excluding ortho intramolecular Hbond substituents is 1. The number of hydrogen-bond donors (Lipinski definition) is 1. The first-order valence-corrected chi connectivity index (χ1v) is 6.69. The Bertz CT molecular complexity index is 596. The topological polar surface area (TPSA) is 40.5 Å². The largest absolute Gasteiger partial charge is 0.508 e. The highest BCUT2D eigenvalue weighted by molar-refractivity contribution is 6.30. The van der Waals surface area contributed by atoms with Crippen molar-refractivity contribution in [1.82, 2.24) is 4.90 Å². The van der Waals surface area contributed by atoms with Crippen molar-refractivity contribution in [3.63, 3.8) is 0 Å². The van der Waals surface area contributed by atoms with Gasteiger partial charge in [-0.3, -0.25) is 4.79 Å². The molecule has 0 aliphatic heterocycles. The molecule has 0 bridgehead atoms. The van der Waals surface area contributed by atoms with Crippen LogP contribution >= 0.6 is 11.6 Å². The number of phenols is 1. The van der Waals surface area contributed by atoms with Gasteiger partial charge in [-0.05, 0) is 35.4 Å². The van der Waals surface area contributed by atoms with Crippen LogP contribution in [0.1, 0.15) is 11.1 Å². The van der Waals surface area contributed by atoms with Crippen molar-refractivity contribution in [3.05, 3.63) is 64.7 Å². The Kier molecular flexibility index (Phi) is 4.64. The number of benzene rings is 2. The Hall–Kier alpha value is -2.00. The fourth-order valence-electron chi connectivity index (χ4n) is 1.93. The minimum absolute atomic E-state index is 0.00514. The van der Waals surface area contributed by atoms with Gasteiger partial charge in [-0.25, -0.2) is 0 Å². The minimum atomic E-state index is 0.00514. The third kappa shape index (κ3) is 4.00. The summed E-state index contributed by atoms with van der Waals surface area (Å²) in [5.74, 6) is 0.182. The van der Waals surface area contributed by atoms with Crippen LogP contribution < -0.4 is 0 Å². The summed E-state index contributed by atoms with van der Waals surface area (Å²) in [6, 6.07) is 14.2. The first-order chi connectivity index (χ1) is 9.54. The molecule has 1 N–H and O–H groups in total. The monoisotopic (exact) mass is 289 g/mol. The summed E-state index contributed by atoms with van der Waals surface area (Å²) in [5, 5.41) is 10.1. The van der Waals surface area contributed by atoms with Gasteiger partial charge < -0.3 is 10.0 Å². The molecule has 0 unspecified atom stereocenters. The van der Waals surface area contributed by atoms with Gasteiger partial charge >= 0.3 is 0 Å². The number of likely N-dealkylation sites (N-methyl/N-ethyl adjacent to an activating group) is 1. The fraction of sp³-hybridized carbons (Fsp3) is 0.188. The molecule has 2 aromatic rings. The zero-order valence-electron chi connectivity index (χ0n) is 11.2. The van der Waals surface area contributed by atoms with Gasteiger partial charge in [0.05, 0.1) is 6.42 Å². The Morgan fingerprint density at radius 2 is 1.85 bits per heavy atom. The summed E-state index contributed by atoms with van der Waals surface area (Å²) in [6.45, 7) is 0.537. The molecule has 2 aromatic carbocycles. The van der Waals surface area contributed by atoms with Crippen molar-refractivity contribution in [2.24, 2.45) is 0 Å². The fourth-order valence-corrected chi connectivity index (χ4v) is 2.05. The predicted octanol–water partition coefficient (Wildman–Crippen LogP) is 3.25. The number of nitrogens with zero attached hydrogens (tertiary/aromatic N) is 1. The maximum Gasteiger partial charge on any atom is 0.227 e. The molecular weight excluding hydrogens is 274 g/mol. The van der Waals surface area contributed by atoms with Crippen LogP contribution in [0.5, 0.6) is 5.75 Å². The lowest BCUT2D eigenvalue weighted by molar-refractivity contribution is -0.129. The number of hydrogen-bond acceptors (Lipinski definition) is 2. The molecule has 0 radical (unpaired) electrons. The highest BCUT2D eigenvalue weighted by Crippen LogP contribution is 2.14. The van der Waals surface area contributed by atoms with E-state index in [0.717, 1.165) is 11.1 Å². The average molecular weight is 290 g/mol. The van der Waals surface area contributed by atoms with Gasteiger partial charge in [0, 0.05) is 18.6 Å². The zero-order chi connectivity index (χ0) is 14.5. The third-order valence-corrected chi connectivity index (χ3v) is 3.28. The Morgan fingerprint density at radius 1 is 1.15 bits per heavy atom. The van der Waals surface area contributed by atoms with Gasteiger partial charge in [0.1, 0.15) is 5.75 Å². The third-order valence-electron chi connectivity index (χ3n) is 3.02. The predicted molar refractivity (Wildman–Crippen MR) is 79.7 cm³/mol. The molecule has 3 nitrogen and oxygen atoms in total. The van der Waals surface area contributed by atoms with Crippen LogP contribution in [0.3, 0.4) is 0 Å². The first-order valence-electron chi connectivity index (χ1n) is 6.31. The molecule has 0 saturated heterocycles. The maximum absolute atomic E-state index is 12.1. The SMILES string of the molecule is CN(Cc1ccc(Cl)cc1)C(=O)Cc1cccc(O)c1. The molecule has 0 aromatic heterocycles. The van der Waals surface area contributed by atoms with Crippen LogP contribution in [0.15, 0.2) is 48.5 Å². The molecule has 104 valence electrons. The van der Waals surface area contributed by atoms with Crippen LogP contribution in [0.4, 0.5) is 0 Å². The van der Waals surface area contributed by atoms with E-state index in [0.29, 0.717) is 11.6 Å². The first kappa shape index (κ1) is 14.4. The van der Waals surface area contributed by atoms with E-state index in [-0.39, 0.29) is 18.1 Å². The number of rotatable bonds is 4. The molecule has 0 aliphatic carbocycles. The van der Waals surface area contributed by atoms with Crippen LogP contribution in [-0.2, 0) is 17.8 Å². The smallest absolute Gasteiger partial charge is 0.227 e. The summed E-state index contributed by atoms with van der Waals surface area (Å²) >= 11 is 5.83. The highest BCUT2D eigenvalue weighted by atomic mass is 35.5. The second-order valence-corrected chi connectivity index (χ2v) is 5.16. The van der Waals surface area contributed by atoms with Gasteiger partial charge in [-0.15, -0.1) is 0 Å². The van der Waals surface area contributed by atoms with E-state index in [1.165, 1.54) is 0 Å². The van der Waals surface area contributed by atoms with Gasteiger partial charge in [0.15, 0.2) is 0 Å². The standard InChI is InChI=1S/C16H16ClNO2/c1-18(11-12-5-7-14(17)8-6-12)16(20)10-13-3-2-4-15(19)9-13/h2-9,19H,10-11H2,1H3. The zero-order valence-corrected chi connectivity index (χ0v) is 12.0. The number of carbonyl (C=O) groups excluding carboxylic acids is 1. The molecule has 0 spiro atoms. The highest BCUT2D eigenvalue weighted by Gasteiger charge is 2.10. The molecule has 0 saturated carbocycles. The number of halogens is 1. The molecule has 2 rings (SSSR count). The number of carbonyl (C=O) groups is 1. The Labute approximate surface area is 123 Å². The van der Waals surface area contributed by atoms with Gasteiger partial charge in [-0.1, -0.05) is 35.9 Å². The van der Waals surface area contributed by atoms with E-state index in [1.807, 2.05) is 30.3 Å². The van der Waals surface area contributed by atoms with Gasteiger partial charge in [0.2, 0.25) is 5.91 Å². The maximum atomic E-state index is 12.1. The van der Waals surface area contributed by atoms with E-state index < -0.39 is 0 Å². The quantitative estimate of drug-likeness (QED) is 0.938. The lowest BCUT2D eigenvalue weighted by atomic mass is 10.1. The van der Waals surface area contributed by atoms with Gasteiger partial charge in [-0.2, -0.15) is 0 Å².